The van der Waals surface area contributed by atoms with Crippen LogP contribution in [0.1, 0.15) is 19.8 Å². The molecule has 0 radical (unpaired) electrons. The molecule has 76 valence electrons. The van der Waals surface area contributed by atoms with Crippen molar-refractivity contribution in [1.82, 2.24) is 4.90 Å². The lowest BCUT2D eigenvalue weighted by Crippen LogP contribution is -2.44. The minimum Gasteiger partial charge on any atom is -0.393 e. The zero-order valence-corrected chi connectivity index (χ0v) is 9.05. The summed E-state index contributed by atoms with van der Waals surface area (Å²) in [6, 6.07) is 0.160. The Balaban J connectivity index is 2.24. The van der Waals surface area contributed by atoms with E-state index in [1.807, 2.05) is 14.0 Å². The topological polar surface area (TPSA) is 49.5 Å². The number of nitrogens with two attached hydrogens (primary N) is 1. The van der Waals surface area contributed by atoms with Crippen LogP contribution in [0.5, 0.6) is 0 Å². The Labute approximate surface area is 84.9 Å². The second-order valence-electron chi connectivity index (χ2n) is 4.01. The van der Waals surface area contributed by atoms with Gasteiger partial charge in [0.15, 0.2) is 0 Å². The van der Waals surface area contributed by atoms with E-state index >= 15 is 0 Å². The van der Waals surface area contributed by atoms with Crippen molar-refractivity contribution in [1.29, 1.82) is 0 Å². The minimum absolute atomic E-state index is 0.0708. The molecule has 0 spiro atoms. The largest absolute Gasteiger partial charge is 0.393 e. The summed E-state index contributed by atoms with van der Waals surface area (Å²) in [6.45, 7) is 2.99. The number of hydrogen-bond acceptors (Lipinski definition) is 3. The van der Waals surface area contributed by atoms with E-state index in [-0.39, 0.29) is 12.1 Å². The number of likely N-dealkylation sites (N-methyl/N-ethyl adjacent to an activating group) is 1. The Bertz CT molecular complexity index is 192. The molecular weight excluding hydrogens is 184 g/mol. The van der Waals surface area contributed by atoms with Crippen LogP contribution in [-0.4, -0.2) is 40.7 Å². The fourth-order valence-electron chi connectivity index (χ4n) is 1.63. The first-order valence-corrected chi connectivity index (χ1v) is 5.09. The van der Waals surface area contributed by atoms with Crippen molar-refractivity contribution in [3.63, 3.8) is 0 Å². The predicted molar refractivity (Wildman–Crippen MR) is 57.6 cm³/mol. The van der Waals surface area contributed by atoms with E-state index in [0.717, 1.165) is 19.4 Å². The monoisotopic (exact) mass is 202 g/mol. The van der Waals surface area contributed by atoms with E-state index in [1.165, 1.54) is 0 Å². The number of aliphatic hydroxyl groups excluding tert-OH is 1. The van der Waals surface area contributed by atoms with Crippen LogP contribution in [0.15, 0.2) is 0 Å². The van der Waals surface area contributed by atoms with Crippen molar-refractivity contribution < 1.29 is 5.11 Å². The molecule has 0 saturated heterocycles. The summed E-state index contributed by atoms with van der Waals surface area (Å²) in [6.07, 6.45) is 1.78. The molecule has 1 atom stereocenters. The Morgan fingerprint density at radius 1 is 1.69 bits per heavy atom. The SMILES string of the molecule is CC(C(N)=S)N(C)CC1CC(O)C1. The first-order chi connectivity index (χ1) is 6.00. The Hall–Kier alpha value is -0.190. The number of nitrogens with zero attached hydrogens (tertiary/aromatic N) is 1. The molecule has 1 rings (SSSR count). The molecule has 0 amide bonds. The molecule has 1 unspecified atom stereocenters. The van der Waals surface area contributed by atoms with E-state index in [1.54, 1.807) is 0 Å². The molecule has 1 saturated carbocycles. The maximum Gasteiger partial charge on any atom is 0.0899 e. The normalized spacial score (nSPS) is 29.8. The first kappa shape index (κ1) is 10.9. The van der Waals surface area contributed by atoms with E-state index in [4.69, 9.17) is 23.1 Å². The molecule has 0 aromatic heterocycles. The highest BCUT2D eigenvalue weighted by atomic mass is 32.1. The zero-order chi connectivity index (χ0) is 10.0. The third-order valence-electron chi connectivity index (χ3n) is 2.83. The quantitative estimate of drug-likeness (QED) is 0.646. The van der Waals surface area contributed by atoms with Gasteiger partial charge in [-0.3, -0.25) is 4.90 Å². The Morgan fingerprint density at radius 3 is 2.62 bits per heavy atom. The second-order valence-corrected chi connectivity index (χ2v) is 4.48. The molecular formula is C9H18N2OS. The van der Waals surface area contributed by atoms with Crippen LogP contribution in [0, 0.1) is 5.92 Å². The number of rotatable bonds is 4. The highest BCUT2D eigenvalue weighted by Gasteiger charge is 2.29. The van der Waals surface area contributed by atoms with E-state index in [2.05, 4.69) is 4.90 Å². The number of hydrogen-bond donors (Lipinski definition) is 2. The van der Waals surface area contributed by atoms with Crippen molar-refractivity contribution in [3.05, 3.63) is 0 Å². The van der Waals surface area contributed by atoms with Gasteiger partial charge < -0.3 is 10.8 Å². The van der Waals surface area contributed by atoms with E-state index in [0.29, 0.717) is 10.9 Å². The summed E-state index contributed by atoms with van der Waals surface area (Å²) in [5, 5.41) is 9.11. The van der Waals surface area contributed by atoms with Gasteiger partial charge in [0.2, 0.25) is 0 Å². The van der Waals surface area contributed by atoms with Crippen LogP contribution >= 0.6 is 12.2 Å². The molecule has 0 bridgehead atoms. The van der Waals surface area contributed by atoms with Gasteiger partial charge in [-0.05, 0) is 32.7 Å². The number of aliphatic hydroxyl groups is 1. The Kier molecular flexibility index (Phi) is 3.64. The van der Waals surface area contributed by atoms with Gasteiger partial charge in [-0.1, -0.05) is 12.2 Å². The fraction of sp³-hybridized carbons (Fsp3) is 0.889. The van der Waals surface area contributed by atoms with Crippen molar-refractivity contribution in [2.45, 2.75) is 31.9 Å². The van der Waals surface area contributed by atoms with Gasteiger partial charge in [-0.25, -0.2) is 0 Å². The molecule has 1 aliphatic carbocycles. The van der Waals surface area contributed by atoms with Crippen LogP contribution in [0.25, 0.3) is 0 Å². The van der Waals surface area contributed by atoms with Gasteiger partial charge in [0.25, 0.3) is 0 Å². The highest BCUT2D eigenvalue weighted by molar-refractivity contribution is 7.80. The molecule has 13 heavy (non-hydrogen) atoms. The summed E-state index contributed by atoms with van der Waals surface area (Å²) in [5.41, 5.74) is 5.54. The maximum atomic E-state index is 9.11. The summed E-state index contributed by atoms with van der Waals surface area (Å²) >= 11 is 4.91. The smallest absolute Gasteiger partial charge is 0.0899 e. The van der Waals surface area contributed by atoms with Crippen LogP contribution < -0.4 is 5.73 Å². The average Bonchev–Trinajstić information content (AvgIpc) is 2.00. The van der Waals surface area contributed by atoms with Crippen LogP contribution in [0.2, 0.25) is 0 Å². The van der Waals surface area contributed by atoms with Gasteiger partial charge in [0.1, 0.15) is 0 Å². The first-order valence-electron chi connectivity index (χ1n) is 4.68. The Morgan fingerprint density at radius 2 is 2.23 bits per heavy atom. The summed E-state index contributed by atoms with van der Waals surface area (Å²) in [5.74, 6) is 0.622. The van der Waals surface area contributed by atoms with Crippen molar-refractivity contribution in [2.75, 3.05) is 13.6 Å². The summed E-state index contributed by atoms with van der Waals surface area (Å²) in [4.78, 5) is 2.70. The van der Waals surface area contributed by atoms with Crippen molar-refractivity contribution >= 4 is 17.2 Å². The number of thiocarbonyl (C=S) groups is 1. The minimum atomic E-state index is -0.0708. The van der Waals surface area contributed by atoms with Crippen molar-refractivity contribution in [3.8, 4) is 0 Å². The lowest BCUT2D eigenvalue weighted by Gasteiger charge is -2.36. The van der Waals surface area contributed by atoms with Gasteiger partial charge >= 0.3 is 0 Å². The van der Waals surface area contributed by atoms with E-state index in [9.17, 15) is 0 Å². The predicted octanol–water partition coefficient (Wildman–Crippen LogP) is 0.364. The van der Waals surface area contributed by atoms with Gasteiger partial charge in [-0.2, -0.15) is 0 Å². The molecule has 1 fully saturated rings. The molecule has 3 N–H and O–H groups in total. The molecule has 4 heteroatoms. The average molecular weight is 202 g/mol. The van der Waals surface area contributed by atoms with Crippen LogP contribution in [-0.2, 0) is 0 Å². The van der Waals surface area contributed by atoms with Crippen molar-refractivity contribution in [2.24, 2.45) is 11.7 Å². The molecule has 0 heterocycles. The standard InChI is InChI=1S/C9H18N2OS/c1-6(9(10)13)11(2)5-7-3-8(12)4-7/h6-8,12H,3-5H2,1-2H3,(H2,10,13). The lowest BCUT2D eigenvalue weighted by atomic mass is 9.82. The van der Waals surface area contributed by atoms with Gasteiger partial charge in [0, 0.05) is 6.54 Å². The highest BCUT2D eigenvalue weighted by Crippen LogP contribution is 2.27. The third kappa shape index (κ3) is 2.90. The summed E-state index contributed by atoms with van der Waals surface area (Å²) in [7, 11) is 2.02. The van der Waals surface area contributed by atoms with Gasteiger partial charge in [-0.15, -0.1) is 0 Å². The summed E-state index contributed by atoms with van der Waals surface area (Å²) < 4.78 is 0. The molecule has 0 aromatic carbocycles. The van der Waals surface area contributed by atoms with Crippen LogP contribution in [0.4, 0.5) is 0 Å². The molecule has 3 nitrogen and oxygen atoms in total. The third-order valence-corrected chi connectivity index (χ3v) is 3.17. The van der Waals surface area contributed by atoms with Gasteiger partial charge in [0.05, 0.1) is 17.1 Å². The van der Waals surface area contributed by atoms with Crippen LogP contribution in [0.3, 0.4) is 0 Å². The second kappa shape index (κ2) is 4.35. The maximum absolute atomic E-state index is 9.11. The lowest BCUT2D eigenvalue weighted by molar-refractivity contribution is 0.0267. The zero-order valence-electron chi connectivity index (χ0n) is 8.23. The molecule has 1 aliphatic rings. The fourth-order valence-corrected chi connectivity index (χ4v) is 1.81. The molecule has 0 aliphatic heterocycles. The van der Waals surface area contributed by atoms with E-state index < -0.39 is 0 Å². The molecule has 0 aromatic rings.